The zero-order valence-electron chi connectivity index (χ0n) is 14.7. The van der Waals surface area contributed by atoms with E-state index in [1.165, 1.54) is 0 Å². The summed E-state index contributed by atoms with van der Waals surface area (Å²) in [5.41, 5.74) is 1.44. The van der Waals surface area contributed by atoms with Gasteiger partial charge in [-0.1, -0.05) is 12.1 Å². The van der Waals surface area contributed by atoms with E-state index < -0.39 is 5.60 Å². The van der Waals surface area contributed by atoms with Crippen LogP contribution in [0.15, 0.2) is 36.5 Å². The van der Waals surface area contributed by atoms with Gasteiger partial charge in [0.05, 0.1) is 12.8 Å². The number of nitrogens with one attached hydrogen (secondary N) is 1. The number of carbonyl (C=O) groups excluding carboxylic acids is 1. The second kappa shape index (κ2) is 7.86. The van der Waals surface area contributed by atoms with E-state index in [-0.39, 0.29) is 6.09 Å². The molecule has 0 bridgehead atoms. The van der Waals surface area contributed by atoms with Gasteiger partial charge in [0.25, 0.3) is 0 Å². The summed E-state index contributed by atoms with van der Waals surface area (Å²) in [6.45, 7) is 6.80. The molecule has 2 rings (SSSR count). The molecule has 6 nitrogen and oxygen atoms in total. The molecular formula is C18H25N3O3. The van der Waals surface area contributed by atoms with E-state index in [0.717, 1.165) is 30.0 Å². The number of benzene rings is 1. The summed E-state index contributed by atoms with van der Waals surface area (Å²) < 4.78 is 12.3. The average Bonchev–Trinajstić information content (AvgIpc) is 2.99. The Kier molecular flexibility index (Phi) is 5.84. The Morgan fingerprint density at radius 1 is 1.29 bits per heavy atom. The van der Waals surface area contributed by atoms with Crippen LogP contribution < -0.4 is 10.1 Å². The molecule has 24 heavy (non-hydrogen) atoms. The van der Waals surface area contributed by atoms with Gasteiger partial charge in [-0.15, -0.1) is 0 Å². The number of carbonyl (C=O) groups is 1. The van der Waals surface area contributed by atoms with Gasteiger partial charge in [0, 0.05) is 24.8 Å². The quantitative estimate of drug-likeness (QED) is 0.823. The zero-order valence-corrected chi connectivity index (χ0v) is 14.7. The van der Waals surface area contributed by atoms with Crippen LogP contribution >= 0.6 is 0 Å². The molecule has 0 atom stereocenters. The fourth-order valence-corrected chi connectivity index (χ4v) is 2.17. The van der Waals surface area contributed by atoms with Crippen LogP contribution in [0.2, 0.25) is 0 Å². The smallest absolute Gasteiger partial charge is 0.407 e. The van der Waals surface area contributed by atoms with Crippen molar-refractivity contribution < 1.29 is 14.3 Å². The first kappa shape index (κ1) is 17.8. The molecule has 2 aromatic rings. The first-order valence-electron chi connectivity index (χ1n) is 8.02. The molecule has 0 spiro atoms. The van der Waals surface area contributed by atoms with E-state index in [2.05, 4.69) is 10.4 Å². The van der Waals surface area contributed by atoms with Crippen molar-refractivity contribution in [2.75, 3.05) is 13.7 Å². The minimum Gasteiger partial charge on any atom is -0.497 e. The van der Waals surface area contributed by atoms with Gasteiger partial charge in [0.15, 0.2) is 0 Å². The zero-order chi connectivity index (χ0) is 17.6. The van der Waals surface area contributed by atoms with Crippen LogP contribution in [-0.4, -0.2) is 35.1 Å². The lowest BCUT2D eigenvalue weighted by molar-refractivity contribution is 0.0526. The molecule has 0 radical (unpaired) electrons. The second-order valence-corrected chi connectivity index (χ2v) is 6.48. The molecule has 1 amide bonds. The van der Waals surface area contributed by atoms with Gasteiger partial charge in [0.1, 0.15) is 11.4 Å². The van der Waals surface area contributed by atoms with Crippen molar-refractivity contribution in [2.45, 2.75) is 39.3 Å². The summed E-state index contributed by atoms with van der Waals surface area (Å²) >= 11 is 0. The Bertz CT molecular complexity index is 674. The summed E-state index contributed by atoms with van der Waals surface area (Å²) in [7, 11) is 1.65. The van der Waals surface area contributed by atoms with Gasteiger partial charge in [-0.3, -0.25) is 4.68 Å². The summed E-state index contributed by atoms with van der Waals surface area (Å²) in [5.74, 6) is 0.809. The van der Waals surface area contributed by atoms with Crippen molar-refractivity contribution in [3.8, 4) is 17.0 Å². The van der Waals surface area contributed by atoms with Crippen LogP contribution in [0.5, 0.6) is 5.75 Å². The molecule has 0 saturated carbocycles. The van der Waals surface area contributed by atoms with E-state index in [0.29, 0.717) is 6.54 Å². The van der Waals surface area contributed by atoms with E-state index in [4.69, 9.17) is 9.47 Å². The topological polar surface area (TPSA) is 65.4 Å². The molecule has 1 aromatic heterocycles. The predicted molar refractivity (Wildman–Crippen MR) is 93.1 cm³/mol. The normalized spacial score (nSPS) is 11.2. The maximum atomic E-state index is 11.6. The van der Waals surface area contributed by atoms with E-state index in [9.17, 15) is 4.79 Å². The molecule has 130 valence electrons. The van der Waals surface area contributed by atoms with Gasteiger partial charge in [-0.25, -0.2) is 4.79 Å². The van der Waals surface area contributed by atoms with E-state index in [1.807, 2.05) is 62.0 Å². The minimum absolute atomic E-state index is 0.389. The third kappa shape index (κ3) is 5.61. The number of alkyl carbamates (subject to hydrolysis) is 1. The Morgan fingerprint density at radius 3 is 2.79 bits per heavy atom. The summed E-state index contributed by atoms with van der Waals surface area (Å²) in [4.78, 5) is 11.6. The number of nitrogens with zero attached hydrogens (tertiary/aromatic N) is 2. The number of hydrogen-bond acceptors (Lipinski definition) is 4. The SMILES string of the molecule is COc1cccc(-c2ccn(CCCNC(=O)OC(C)(C)C)n2)c1. The molecular weight excluding hydrogens is 306 g/mol. The van der Waals surface area contributed by atoms with Gasteiger partial charge >= 0.3 is 6.09 Å². The van der Waals surface area contributed by atoms with Gasteiger partial charge in [-0.2, -0.15) is 5.10 Å². The van der Waals surface area contributed by atoms with E-state index in [1.54, 1.807) is 7.11 Å². The summed E-state index contributed by atoms with van der Waals surface area (Å²) in [6, 6.07) is 9.77. The number of aromatic nitrogens is 2. The van der Waals surface area contributed by atoms with Crippen LogP contribution in [0.3, 0.4) is 0 Å². The predicted octanol–water partition coefficient (Wildman–Crippen LogP) is 3.47. The highest BCUT2D eigenvalue weighted by Crippen LogP contribution is 2.22. The number of methoxy groups -OCH3 is 1. The lowest BCUT2D eigenvalue weighted by Crippen LogP contribution is -2.33. The van der Waals surface area contributed by atoms with Crippen LogP contribution in [0.4, 0.5) is 4.79 Å². The molecule has 0 fully saturated rings. The number of amides is 1. The minimum atomic E-state index is -0.474. The number of rotatable bonds is 6. The molecule has 0 unspecified atom stereocenters. The summed E-state index contributed by atoms with van der Waals surface area (Å²) in [5, 5.41) is 7.29. The molecule has 0 aliphatic heterocycles. The number of hydrogen-bond donors (Lipinski definition) is 1. The monoisotopic (exact) mass is 331 g/mol. The largest absolute Gasteiger partial charge is 0.497 e. The number of aryl methyl sites for hydroxylation is 1. The molecule has 0 aliphatic carbocycles. The lowest BCUT2D eigenvalue weighted by atomic mass is 10.1. The van der Waals surface area contributed by atoms with Crippen LogP contribution in [-0.2, 0) is 11.3 Å². The van der Waals surface area contributed by atoms with Gasteiger partial charge < -0.3 is 14.8 Å². The van der Waals surface area contributed by atoms with Crippen molar-refractivity contribution in [3.05, 3.63) is 36.5 Å². The molecule has 1 aromatic carbocycles. The van der Waals surface area contributed by atoms with Gasteiger partial charge in [0.2, 0.25) is 0 Å². The van der Waals surface area contributed by atoms with Crippen LogP contribution in [0, 0.1) is 0 Å². The Labute approximate surface area is 142 Å². The number of ether oxygens (including phenoxy) is 2. The van der Waals surface area contributed by atoms with Crippen molar-refractivity contribution in [1.82, 2.24) is 15.1 Å². The van der Waals surface area contributed by atoms with Gasteiger partial charge in [-0.05, 0) is 45.4 Å². The fourth-order valence-electron chi connectivity index (χ4n) is 2.17. The highest BCUT2D eigenvalue weighted by Gasteiger charge is 2.15. The highest BCUT2D eigenvalue weighted by atomic mass is 16.6. The average molecular weight is 331 g/mol. The first-order chi connectivity index (χ1) is 11.4. The van der Waals surface area contributed by atoms with E-state index >= 15 is 0 Å². The third-order valence-electron chi connectivity index (χ3n) is 3.24. The molecule has 0 saturated heterocycles. The molecule has 6 heteroatoms. The van der Waals surface area contributed by atoms with Crippen molar-refractivity contribution in [1.29, 1.82) is 0 Å². The maximum Gasteiger partial charge on any atom is 0.407 e. The lowest BCUT2D eigenvalue weighted by Gasteiger charge is -2.19. The van der Waals surface area contributed by atoms with Crippen molar-refractivity contribution in [2.24, 2.45) is 0 Å². The molecule has 0 aliphatic rings. The molecule has 1 heterocycles. The highest BCUT2D eigenvalue weighted by molar-refractivity contribution is 5.67. The van der Waals surface area contributed by atoms with Crippen LogP contribution in [0.25, 0.3) is 11.3 Å². The van der Waals surface area contributed by atoms with Crippen LogP contribution in [0.1, 0.15) is 27.2 Å². The van der Waals surface area contributed by atoms with Crippen molar-refractivity contribution >= 4 is 6.09 Å². The fraction of sp³-hybridized carbons (Fsp3) is 0.444. The van der Waals surface area contributed by atoms with Crippen molar-refractivity contribution in [3.63, 3.8) is 0 Å². The first-order valence-corrected chi connectivity index (χ1v) is 8.02. The maximum absolute atomic E-state index is 11.6. The Morgan fingerprint density at radius 2 is 2.08 bits per heavy atom. The third-order valence-corrected chi connectivity index (χ3v) is 3.24. The summed E-state index contributed by atoms with van der Waals surface area (Å²) in [6.07, 6.45) is 2.32. The molecule has 1 N–H and O–H groups in total. The Hall–Kier alpha value is -2.50. The Balaban J connectivity index is 1.81. The second-order valence-electron chi connectivity index (χ2n) is 6.48. The standard InChI is InChI=1S/C18H25N3O3/c1-18(2,3)24-17(22)19-10-6-11-21-12-9-16(20-21)14-7-5-8-15(13-14)23-4/h5,7-9,12-13H,6,10-11H2,1-4H3,(H,19,22).